The molecule has 0 fully saturated rings. The van der Waals surface area contributed by atoms with Crippen LogP contribution < -0.4 is 0 Å². The minimum absolute atomic E-state index is 1.19. The molecule has 0 spiro atoms. The minimum atomic E-state index is 1.19. The quantitative estimate of drug-likeness (QED) is 0.636. The fraction of sp³-hybridized carbons (Fsp3) is 0.417. The van der Waals surface area contributed by atoms with Gasteiger partial charge in [0.2, 0.25) is 0 Å². The molecular formula is C12H17N. The zero-order valence-electron chi connectivity index (χ0n) is 8.46. The van der Waals surface area contributed by atoms with Crippen LogP contribution >= 0.6 is 0 Å². The second-order valence-electron chi connectivity index (χ2n) is 3.27. The Bertz CT molecular complexity index is 262. The van der Waals surface area contributed by atoms with Gasteiger partial charge in [-0.3, -0.25) is 4.98 Å². The molecule has 1 heterocycles. The van der Waals surface area contributed by atoms with Gasteiger partial charge in [0.15, 0.2) is 0 Å². The van der Waals surface area contributed by atoms with Gasteiger partial charge in [0, 0.05) is 12.4 Å². The second kappa shape index (κ2) is 5.52. The van der Waals surface area contributed by atoms with Crippen molar-refractivity contribution in [2.24, 2.45) is 0 Å². The van der Waals surface area contributed by atoms with Crippen molar-refractivity contribution in [3.63, 3.8) is 0 Å². The van der Waals surface area contributed by atoms with E-state index in [2.05, 4.69) is 37.0 Å². The maximum absolute atomic E-state index is 4.00. The summed E-state index contributed by atoms with van der Waals surface area (Å²) in [5, 5.41) is 0. The first kappa shape index (κ1) is 9.97. The van der Waals surface area contributed by atoms with Gasteiger partial charge in [0.25, 0.3) is 0 Å². The van der Waals surface area contributed by atoms with Crippen molar-refractivity contribution in [2.75, 3.05) is 0 Å². The normalized spacial score (nSPS) is 11.7. The Morgan fingerprint density at radius 1 is 1.38 bits per heavy atom. The lowest BCUT2D eigenvalue weighted by Gasteiger charge is -1.99. The van der Waals surface area contributed by atoms with Crippen LogP contribution in [0.15, 0.2) is 30.6 Å². The third kappa shape index (κ3) is 3.41. The lowest BCUT2D eigenvalue weighted by molar-refractivity contribution is 0.815. The van der Waals surface area contributed by atoms with Crippen LogP contribution in [0.2, 0.25) is 0 Å². The molecule has 0 bridgehead atoms. The lowest BCUT2D eigenvalue weighted by atomic mass is 10.1. The maximum atomic E-state index is 4.00. The van der Waals surface area contributed by atoms with Crippen molar-refractivity contribution in [1.29, 1.82) is 0 Å². The summed E-state index contributed by atoms with van der Waals surface area (Å²) in [6, 6.07) is 4.11. The summed E-state index contributed by atoms with van der Waals surface area (Å²) in [6.45, 7) is 4.38. The number of hydrogen-bond donors (Lipinski definition) is 0. The molecule has 1 heteroatoms. The van der Waals surface area contributed by atoms with Gasteiger partial charge in [-0.15, -0.1) is 0 Å². The SMILES string of the molecule is CCCCC=C(C)c1ccncc1. The molecule has 1 rings (SSSR count). The lowest BCUT2D eigenvalue weighted by Crippen LogP contribution is -1.80. The van der Waals surface area contributed by atoms with Gasteiger partial charge in [0.05, 0.1) is 0 Å². The highest BCUT2D eigenvalue weighted by atomic mass is 14.6. The number of hydrogen-bond acceptors (Lipinski definition) is 1. The van der Waals surface area contributed by atoms with E-state index in [1.807, 2.05) is 12.4 Å². The molecule has 0 aliphatic rings. The minimum Gasteiger partial charge on any atom is -0.265 e. The van der Waals surface area contributed by atoms with Gasteiger partial charge in [0.1, 0.15) is 0 Å². The average molecular weight is 175 g/mol. The van der Waals surface area contributed by atoms with Gasteiger partial charge in [-0.05, 0) is 36.6 Å². The van der Waals surface area contributed by atoms with Crippen molar-refractivity contribution >= 4 is 5.57 Å². The topological polar surface area (TPSA) is 12.9 Å². The van der Waals surface area contributed by atoms with E-state index in [1.54, 1.807) is 0 Å². The summed E-state index contributed by atoms with van der Waals surface area (Å²) in [7, 11) is 0. The van der Waals surface area contributed by atoms with Crippen molar-refractivity contribution in [3.8, 4) is 0 Å². The third-order valence-corrected chi connectivity index (χ3v) is 2.14. The molecule has 0 unspecified atom stereocenters. The number of allylic oxidation sites excluding steroid dienone is 2. The molecule has 0 atom stereocenters. The highest BCUT2D eigenvalue weighted by molar-refractivity contribution is 5.62. The number of unbranched alkanes of at least 4 members (excludes halogenated alkanes) is 2. The number of rotatable bonds is 4. The first-order valence-electron chi connectivity index (χ1n) is 4.91. The van der Waals surface area contributed by atoms with E-state index >= 15 is 0 Å². The van der Waals surface area contributed by atoms with Crippen molar-refractivity contribution in [3.05, 3.63) is 36.2 Å². The smallest absolute Gasteiger partial charge is 0.0273 e. The first-order valence-corrected chi connectivity index (χ1v) is 4.91. The van der Waals surface area contributed by atoms with Crippen molar-refractivity contribution in [1.82, 2.24) is 4.98 Å². The van der Waals surface area contributed by atoms with Crippen molar-refractivity contribution in [2.45, 2.75) is 33.1 Å². The number of aromatic nitrogens is 1. The predicted molar refractivity (Wildman–Crippen MR) is 57.4 cm³/mol. The van der Waals surface area contributed by atoms with E-state index in [9.17, 15) is 0 Å². The van der Waals surface area contributed by atoms with Crippen LogP contribution in [0.4, 0.5) is 0 Å². The Morgan fingerprint density at radius 2 is 2.08 bits per heavy atom. The predicted octanol–water partition coefficient (Wildman–Crippen LogP) is 3.68. The summed E-state index contributed by atoms with van der Waals surface area (Å²) in [4.78, 5) is 4.00. The molecule has 70 valence electrons. The summed E-state index contributed by atoms with van der Waals surface area (Å²) in [5.74, 6) is 0. The molecule has 1 aromatic heterocycles. The van der Waals surface area contributed by atoms with Crippen LogP contribution in [0.3, 0.4) is 0 Å². The fourth-order valence-corrected chi connectivity index (χ4v) is 1.26. The summed E-state index contributed by atoms with van der Waals surface area (Å²) in [5.41, 5.74) is 2.64. The second-order valence-corrected chi connectivity index (χ2v) is 3.27. The Kier molecular flexibility index (Phi) is 4.24. The summed E-state index contributed by atoms with van der Waals surface area (Å²) < 4.78 is 0. The third-order valence-electron chi connectivity index (χ3n) is 2.14. The Morgan fingerprint density at radius 3 is 2.69 bits per heavy atom. The zero-order chi connectivity index (χ0) is 9.52. The molecule has 0 saturated heterocycles. The molecule has 0 aromatic carbocycles. The van der Waals surface area contributed by atoms with Crippen LogP contribution in [0, 0.1) is 0 Å². The van der Waals surface area contributed by atoms with Gasteiger partial charge < -0.3 is 0 Å². The molecule has 0 N–H and O–H groups in total. The van der Waals surface area contributed by atoms with Gasteiger partial charge in [-0.25, -0.2) is 0 Å². The summed E-state index contributed by atoms with van der Waals surface area (Å²) in [6.07, 6.45) is 9.71. The van der Waals surface area contributed by atoms with Crippen LogP contribution in [0.25, 0.3) is 5.57 Å². The van der Waals surface area contributed by atoms with Crippen LogP contribution in [0.1, 0.15) is 38.7 Å². The molecule has 0 saturated carbocycles. The van der Waals surface area contributed by atoms with E-state index < -0.39 is 0 Å². The molecular weight excluding hydrogens is 158 g/mol. The highest BCUT2D eigenvalue weighted by Gasteiger charge is 1.92. The van der Waals surface area contributed by atoms with E-state index in [1.165, 1.54) is 30.4 Å². The number of nitrogens with zero attached hydrogens (tertiary/aromatic N) is 1. The van der Waals surface area contributed by atoms with Gasteiger partial charge in [-0.2, -0.15) is 0 Å². The maximum Gasteiger partial charge on any atom is 0.0273 e. The standard InChI is InChI=1S/C12H17N/c1-3-4-5-6-11(2)12-7-9-13-10-8-12/h6-10H,3-5H2,1-2H3. The molecule has 0 amide bonds. The molecule has 0 aliphatic heterocycles. The van der Waals surface area contributed by atoms with E-state index in [4.69, 9.17) is 0 Å². The highest BCUT2D eigenvalue weighted by Crippen LogP contribution is 2.13. The molecule has 0 radical (unpaired) electrons. The van der Waals surface area contributed by atoms with Gasteiger partial charge in [-0.1, -0.05) is 25.8 Å². The molecule has 13 heavy (non-hydrogen) atoms. The summed E-state index contributed by atoms with van der Waals surface area (Å²) >= 11 is 0. The monoisotopic (exact) mass is 175 g/mol. The Hall–Kier alpha value is -1.11. The largest absolute Gasteiger partial charge is 0.265 e. The van der Waals surface area contributed by atoms with E-state index in [0.29, 0.717) is 0 Å². The molecule has 1 nitrogen and oxygen atoms in total. The van der Waals surface area contributed by atoms with E-state index in [0.717, 1.165) is 0 Å². The van der Waals surface area contributed by atoms with Gasteiger partial charge >= 0.3 is 0 Å². The molecule has 0 aliphatic carbocycles. The van der Waals surface area contributed by atoms with E-state index in [-0.39, 0.29) is 0 Å². The molecule has 1 aromatic rings. The van der Waals surface area contributed by atoms with Crippen LogP contribution in [-0.4, -0.2) is 4.98 Å². The fourth-order valence-electron chi connectivity index (χ4n) is 1.26. The van der Waals surface area contributed by atoms with Crippen molar-refractivity contribution < 1.29 is 0 Å². The van der Waals surface area contributed by atoms with Crippen LogP contribution in [0.5, 0.6) is 0 Å². The van der Waals surface area contributed by atoms with Crippen LogP contribution in [-0.2, 0) is 0 Å². The zero-order valence-corrected chi connectivity index (χ0v) is 8.46. The Labute approximate surface area is 80.5 Å². The Balaban J connectivity index is 2.57. The number of pyridine rings is 1. The average Bonchev–Trinajstić information content (AvgIpc) is 2.19. The first-order chi connectivity index (χ1) is 6.34.